The van der Waals surface area contributed by atoms with Gasteiger partial charge in [-0.25, -0.2) is 0 Å². The fraction of sp³-hybridized carbons (Fsp3) is 0.500. The molecule has 1 aliphatic heterocycles. The van der Waals surface area contributed by atoms with Crippen LogP contribution in [0, 0.1) is 5.41 Å². The van der Waals surface area contributed by atoms with Crippen LogP contribution in [0.25, 0.3) is 0 Å². The molecule has 1 unspecified atom stereocenters. The zero-order valence-electron chi connectivity index (χ0n) is 12.3. The van der Waals surface area contributed by atoms with Gasteiger partial charge in [0.15, 0.2) is 0 Å². The number of hydrogen-bond donors (Lipinski definition) is 2. The van der Waals surface area contributed by atoms with Gasteiger partial charge in [0.1, 0.15) is 0 Å². The quantitative estimate of drug-likeness (QED) is 0.813. The van der Waals surface area contributed by atoms with Crippen molar-refractivity contribution in [2.45, 2.75) is 31.6 Å². The summed E-state index contributed by atoms with van der Waals surface area (Å²) >= 11 is 0. The van der Waals surface area contributed by atoms with E-state index in [0.29, 0.717) is 25.2 Å². The van der Waals surface area contributed by atoms with Crippen LogP contribution in [-0.4, -0.2) is 29.8 Å². The number of primary amides is 1. The molecule has 1 saturated carbocycles. The Morgan fingerprint density at radius 2 is 1.76 bits per heavy atom. The van der Waals surface area contributed by atoms with Crippen molar-refractivity contribution in [3.05, 3.63) is 29.8 Å². The van der Waals surface area contributed by atoms with Gasteiger partial charge in [0.2, 0.25) is 11.8 Å². The molecular weight excluding hydrogens is 266 g/mol. The van der Waals surface area contributed by atoms with Crippen LogP contribution in [0.15, 0.2) is 24.3 Å². The van der Waals surface area contributed by atoms with Crippen LogP contribution < -0.4 is 11.5 Å². The van der Waals surface area contributed by atoms with E-state index in [1.54, 1.807) is 4.90 Å². The molecular formula is C16H21N3O2. The van der Waals surface area contributed by atoms with Gasteiger partial charge < -0.3 is 16.4 Å². The highest BCUT2D eigenvalue weighted by atomic mass is 16.2. The first-order chi connectivity index (χ1) is 9.87. The minimum atomic E-state index is -0.590. The summed E-state index contributed by atoms with van der Waals surface area (Å²) in [5, 5.41) is 0. The normalized spacial score (nSPS) is 26.6. The maximum absolute atomic E-state index is 12.9. The molecule has 1 heterocycles. The minimum Gasteiger partial charge on any atom is -0.399 e. The van der Waals surface area contributed by atoms with Crippen molar-refractivity contribution in [1.29, 1.82) is 0 Å². The highest BCUT2D eigenvalue weighted by Crippen LogP contribution is 2.50. The van der Waals surface area contributed by atoms with E-state index in [1.807, 2.05) is 31.2 Å². The van der Waals surface area contributed by atoms with Crippen molar-refractivity contribution < 1.29 is 9.59 Å². The first-order valence-electron chi connectivity index (χ1n) is 7.33. The number of likely N-dealkylation sites (tertiary alicyclic amines) is 1. The largest absolute Gasteiger partial charge is 0.399 e. The molecule has 1 atom stereocenters. The highest BCUT2D eigenvalue weighted by Gasteiger charge is 2.55. The second-order valence-corrected chi connectivity index (χ2v) is 6.61. The van der Waals surface area contributed by atoms with Crippen LogP contribution in [0.3, 0.4) is 0 Å². The number of nitrogens with zero attached hydrogens (tertiary/aromatic N) is 1. The van der Waals surface area contributed by atoms with Crippen molar-refractivity contribution in [2.75, 3.05) is 18.8 Å². The van der Waals surface area contributed by atoms with Crippen LogP contribution in [0.2, 0.25) is 0 Å². The van der Waals surface area contributed by atoms with E-state index >= 15 is 0 Å². The lowest BCUT2D eigenvalue weighted by atomic mass is 9.89. The Bertz CT molecular complexity index is 592. The van der Waals surface area contributed by atoms with Gasteiger partial charge in [-0.2, -0.15) is 0 Å². The Morgan fingerprint density at radius 1 is 1.14 bits per heavy atom. The van der Waals surface area contributed by atoms with Crippen LogP contribution in [0.5, 0.6) is 0 Å². The molecule has 1 aliphatic carbocycles. The molecule has 0 bridgehead atoms. The Hall–Kier alpha value is -2.04. The summed E-state index contributed by atoms with van der Waals surface area (Å²) in [6, 6.07) is 7.54. The number of hydrogen-bond acceptors (Lipinski definition) is 3. The number of anilines is 1. The zero-order chi connectivity index (χ0) is 15.3. The van der Waals surface area contributed by atoms with Crippen molar-refractivity contribution in [1.82, 2.24) is 4.90 Å². The highest BCUT2D eigenvalue weighted by molar-refractivity contribution is 5.92. The van der Waals surface area contributed by atoms with Gasteiger partial charge in [-0.1, -0.05) is 12.1 Å². The standard InChI is InChI=1S/C16H21N3O2/c1-15(13(18)20)8-9-19(10-15)14(21)16(6-7-16)11-2-4-12(17)5-3-11/h2-5H,6-10,17H2,1H3,(H2,18,20). The van der Waals surface area contributed by atoms with Crippen LogP contribution in [0.1, 0.15) is 31.7 Å². The molecule has 0 aromatic heterocycles. The number of amides is 2. The lowest BCUT2D eigenvalue weighted by Gasteiger charge is -2.25. The van der Waals surface area contributed by atoms with Crippen molar-refractivity contribution in [3.8, 4) is 0 Å². The summed E-state index contributed by atoms with van der Waals surface area (Å²) < 4.78 is 0. The van der Waals surface area contributed by atoms with E-state index in [4.69, 9.17) is 11.5 Å². The number of benzene rings is 1. The number of rotatable bonds is 3. The molecule has 0 spiro atoms. The predicted octanol–water partition coefficient (Wildman–Crippen LogP) is 1.02. The average Bonchev–Trinajstić information content (AvgIpc) is 3.16. The Balaban J connectivity index is 1.80. The lowest BCUT2D eigenvalue weighted by Crippen LogP contribution is -2.42. The van der Waals surface area contributed by atoms with E-state index in [9.17, 15) is 9.59 Å². The van der Waals surface area contributed by atoms with Crippen molar-refractivity contribution in [2.24, 2.45) is 11.1 Å². The van der Waals surface area contributed by atoms with E-state index in [0.717, 1.165) is 18.4 Å². The third kappa shape index (κ3) is 2.17. The fourth-order valence-corrected chi connectivity index (χ4v) is 3.19. The second kappa shape index (κ2) is 4.48. The Kier molecular flexibility index (Phi) is 2.97. The van der Waals surface area contributed by atoms with Gasteiger partial charge in [0, 0.05) is 18.8 Å². The van der Waals surface area contributed by atoms with Gasteiger partial charge in [-0.05, 0) is 43.9 Å². The molecule has 1 aromatic rings. The van der Waals surface area contributed by atoms with E-state index in [1.165, 1.54) is 0 Å². The van der Waals surface area contributed by atoms with Crippen LogP contribution in [0.4, 0.5) is 5.69 Å². The first kappa shape index (κ1) is 13.9. The molecule has 2 aliphatic rings. The van der Waals surface area contributed by atoms with Gasteiger partial charge >= 0.3 is 0 Å². The fourth-order valence-electron chi connectivity index (χ4n) is 3.19. The SMILES string of the molecule is CC1(C(N)=O)CCN(C(=O)C2(c3ccc(N)cc3)CC2)C1. The third-order valence-electron chi connectivity index (χ3n) is 4.98. The molecule has 112 valence electrons. The van der Waals surface area contributed by atoms with E-state index in [-0.39, 0.29) is 11.8 Å². The molecule has 0 radical (unpaired) electrons. The molecule has 3 rings (SSSR count). The maximum Gasteiger partial charge on any atom is 0.233 e. The van der Waals surface area contributed by atoms with E-state index in [2.05, 4.69) is 0 Å². The Morgan fingerprint density at radius 3 is 2.24 bits per heavy atom. The van der Waals surface area contributed by atoms with Gasteiger partial charge in [-0.15, -0.1) is 0 Å². The summed E-state index contributed by atoms with van der Waals surface area (Å²) in [5.74, 6) is -0.202. The molecule has 21 heavy (non-hydrogen) atoms. The monoisotopic (exact) mass is 287 g/mol. The molecule has 2 fully saturated rings. The minimum absolute atomic E-state index is 0.122. The first-order valence-corrected chi connectivity index (χ1v) is 7.33. The van der Waals surface area contributed by atoms with Crippen molar-refractivity contribution in [3.63, 3.8) is 0 Å². The summed E-state index contributed by atoms with van der Waals surface area (Å²) in [6.45, 7) is 2.87. The maximum atomic E-state index is 12.9. The number of carbonyl (C=O) groups is 2. The zero-order valence-corrected chi connectivity index (χ0v) is 12.3. The van der Waals surface area contributed by atoms with Gasteiger partial charge in [0.05, 0.1) is 10.8 Å². The number of nitrogens with two attached hydrogens (primary N) is 2. The number of carbonyl (C=O) groups excluding carboxylic acids is 2. The number of nitrogen functional groups attached to an aromatic ring is 1. The molecule has 1 saturated heterocycles. The topological polar surface area (TPSA) is 89.4 Å². The van der Waals surface area contributed by atoms with Crippen LogP contribution in [-0.2, 0) is 15.0 Å². The summed E-state index contributed by atoms with van der Waals surface area (Å²) in [5.41, 5.74) is 11.9. The Labute approximate surface area is 124 Å². The lowest BCUT2D eigenvalue weighted by molar-refractivity contribution is -0.134. The summed E-state index contributed by atoms with van der Waals surface area (Å²) in [6.07, 6.45) is 2.37. The average molecular weight is 287 g/mol. The molecule has 5 heteroatoms. The molecule has 5 nitrogen and oxygen atoms in total. The summed E-state index contributed by atoms with van der Waals surface area (Å²) in [4.78, 5) is 26.2. The summed E-state index contributed by atoms with van der Waals surface area (Å²) in [7, 11) is 0. The van der Waals surface area contributed by atoms with Crippen LogP contribution >= 0.6 is 0 Å². The van der Waals surface area contributed by atoms with Gasteiger partial charge in [-0.3, -0.25) is 9.59 Å². The predicted molar refractivity (Wildman–Crippen MR) is 80.3 cm³/mol. The molecule has 2 amide bonds. The smallest absolute Gasteiger partial charge is 0.233 e. The third-order valence-corrected chi connectivity index (χ3v) is 4.98. The molecule has 4 N–H and O–H groups in total. The molecule has 1 aromatic carbocycles. The van der Waals surface area contributed by atoms with Crippen molar-refractivity contribution >= 4 is 17.5 Å². The van der Waals surface area contributed by atoms with E-state index < -0.39 is 10.8 Å². The second-order valence-electron chi connectivity index (χ2n) is 6.61. The van der Waals surface area contributed by atoms with Gasteiger partial charge in [0.25, 0.3) is 0 Å².